The van der Waals surface area contributed by atoms with Gasteiger partial charge < -0.3 is 14.5 Å². The fourth-order valence-electron chi connectivity index (χ4n) is 24.8. The molecule has 0 fully saturated rings. The summed E-state index contributed by atoms with van der Waals surface area (Å²) in [5.74, 6) is 1.26. The van der Waals surface area contributed by atoms with Gasteiger partial charge in [0, 0.05) is 751 Å². The number of nitrogens with one attached hydrogen (secondary N) is 1. The summed E-state index contributed by atoms with van der Waals surface area (Å²) in [6.07, 6.45) is -94.6. The van der Waals surface area contributed by atoms with Crippen molar-refractivity contribution in [2.24, 2.45) is 0 Å². The Morgan fingerprint density at radius 1 is 0.305 bits per heavy atom. The maximum absolute atomic E-state index is 13.9. The van der Waals surface area contributed by atoms with E-state index in [1.807, 2.05) is 42.5 Å². The molecule has 0 bridgehead atoms. The summed E-state index contributed by atoms with van der Waals surface area (Å²) in [5.41, 5.74) is 8.07. The predicted octanol–water partition coefficient (Wildman–Crippen LogP) is -31.0. The summed E-state index contributed by atoms with van der Waals surface area (Å²) in [5, 5.41) is 1.82. The second kappa shape index (κ2) is 60.0. The lowest BCUT2D eigenvalue weighted by Gasteiger charge is -2.63. The Kier molecular flexibility index (Phi) is 56.4. The van der Waals surface area contributed by atoms with E-state index in [0.717, 1.165) is 63.6 Å². The van der Waals surface area contributed by atoms with Gasteiger partial charge in [-0.15, -0.1) is 0 Å². The van der Waals surface area contributed by atoms with Crippen LogP contribution in [0.2, 0.25) is 5.02 Å². The zero-order chi connectivity index (χ0) is 107. The van der Waals surface area contributed by atoms with E-state index in [1.165, 1.54) is 16.7 Å². The van der Waals surface area contributed by atoms with Crippen molar-refractivity contribution in [1.29, 1.82) is 0 Å². The smallest absolute Gasteiger partial charge is 0.161 e. The molecule has 4 nitrogen and oxygen atoms in total. The van der Waals surface area contributed by atoms with Gasteiger partial charge in [-0.2, -0.15) is 0 Å². The topological polar surface area (TPSA) is 37.5 Å². The third kappa shape index (κ3) is 32.6. The molecule has 1 aromatic heterocycles. The first kappa shape index (κ1) is 132. The van der Waals surface area contributed by atoms with Crippen LogP contribution >= 0.6 is 11.6 Å². The van der Waals surface area contributed by atoms with Crippen LogP contribution in [0.15, 0.2) is 84.9 Å². The third-order valence-corrected chi connectivity index (χ3v) is 30.3. The predicted molar refractivity (Wildman–Crippen MR) is 739 cm³/mol. The summed E-state index contributed by atoms with van der Waals surface area (Å²) in [7, 11) is 373. The molecule has 0 saturated heterocycles. The number of benzene rings is 4. The number of H-pyrrole nitrogens is 1. The molecule has 108 heteroatoms. The molecule has 141 heavy (non-hydrogen) atoms. The van der Waals surface area contributed by atoms with Crippen molar-refractivity contribution in [3.05, 3.63) is 129 Å². The average Bonchev–Trinajstić information content (AvgIpc) is 1.70. The number of aromatic nitrogens is 1. The van der Waals surface area contributed by atoms with Crippen LogP contribution in [-0.2, 0) is 19.4 Å². The number of fused-ring (bicyclic) bond motifs is 6. The Bertz CT molecular complexity index is 4050. The molecule has 2 unspecified atom stereocenters. The largest absolute Gasteiger partial charge is 0.493 e. The van der Waals surface area contributed by atoms with Crippen LogP contribution in [0.25, 0.3) is 10.9 Å². The van der Waals surface area contributed by atoms with Crippen molar-refractivity contribution in [2.75, 3.05) is 13.7 Å². The van der Waals surface area contributed by atoms with Gasteiger partial charge in [-0.05, 0) is 77.1 Å². The Labute approximate surface area is 944 Å². The van der Waals surface area contributed by atoms with E-state index < -0.39 is 319 Å². The first-order valence-corrected chi connectivity index (χ1v) is 47.3. The molecule has 2 aliphatic heterocycles. The molecule has 3 heterocycles. The van der Waals surface area contributed by atoms with E-state index >= 15 is 0 Å². The second-order valence-corrected chi connectivity index (χ2v) is 39.6. The monoisotopic (exact) mass is 1660 g/mol. The van der Waals surface area contributed by atoms with Gasteiger partial charge in [0.2, 0.25) is 0 Å². The molecule has 104 radical (unpaired) electrons. The lowest BCUT2D eigenvalue weighted by atomic mass is 8.18. The summed E-state index contributed by atoms with van der Waals surface area (Å²) >= 11 is 6.76. The molecule has 7 rings (SSSR count). The van der Waals surface area contributed by atoms with Crippen LogP contribution in [-0.4, -0.2) is 745 Å². The van der Waals surface area contributed by atoms with Gasteiger partial charge in [0.15, 0.2) is 11.5 Å². The number of aromatic amines is 1. The number of ether oxygens (including phenoxy) is 2. The molecule has 0 saturated carbocycles. The van der Waals surface area contributed by atoms with Gasteiger partial charge in [0.25, 0.3) is 0 Å². The van der Waals surface area contributed by atoms with Crippen LogP contribution in [0.3, 0.4) is 0 Å². The minimum Gasteiger partial charge on any atom is -0.493 e. The minimum atomic E-state index is -2.36. The van der Waals surface area contributed by atoms with Gasteiger partial charge in [-0.3, -0.25) is 4.90 Å². The molecule has 1 N–H and O–H groups in total. The highest BCUT2D eigenvalue weighted by molar-refractivity contribution is 8.44. The van der Waals surface area contributed by atoms with Crippen molar-refractivity contribution in [3.63, 3.8) is 0 Å². The number of methoxy groups -OCH3 is 1. The first-order valence-electron chi connectivity index (χ1n) is 46.9. The fraction of sp³-hybridized carbons (Fsp3) is 0.212. The van der Waals surface area contributed by atoms with E-state index in [-0.39, 0.29) is 17.9 Å². The SMILES string of the molecule is COc1cc2c(cc1OCc1ccccc1)CCN1C2Cc2c([nH]c3cccc(Cl)c23)C1c1ccc(F)cc1.[B]B([B])B(B([B])[B])B(B(B([B])[B])B([B])[B])B(B(B([B])[B])B([B])[B])B(B(B(B([B])[B])B([B])[B])B(B([B])[B])B([B])[B])B(B(B(B(B([B])[B])B([B])[B])B(B([B])[B])B([B])[B])B(B(B([B])[B])B([B])[B])B(B([B])[B])B([B])[B])B(B(B(B([B])[B])B([B])[B])B(B([B])[B])B([B])[B])B(B(B([B])[B])B([B])[B])B(B([B])[B])B([B])[B]. The lowest BCUT2D eigenvalue weighted by Crippen LogP contribution is -3.01. The maximum Gasteiger partial charge on any atom is 0.161 e. The van der Waals surface area contributed by atoms with Gasteiger partial charge in [-0.25, -0.2) is 4.39 Å². The third-order valence-electron chi connectivity index (χ3n) is 29.9. The highest BCUT2D eigenvalue weighted by atomic mass is 35.5. The Hall–Kier alpha value is 2.82. The molecule has 2 aliphatic rings. The molecule has 0 aliphatic carbocycles. The van der Waals surface area contributed by atoms with Crippen LogP contribution in [0.5, 0.6) is 11.5 Å². The van der Waals surface area contributed by atoms with Gasteiger partial charge in [0.05, 0.1) is 18.2 Å². The highest BCUT2D eigenvalue weighted by Crippen LogP contribution is 2.51. The van der Waals surface area contributed by atoms with Gasteiger partial charge in [-0.1, -0.05) is 60.1 Å². The molecular weight excluding hydrogens is 1610 g/mol. The summed E-state index contributed by atoms with van der Waals surface area (Å²) in [6, 6.07) is 27.4. The normalized spacial score (nSPS) is 12.2. The van der Waals surface area contributed by atoms with Crippen molar-refractivity contribution < 1.29 is 13.9 Å². The molecule has 0 amide bonds. The number of hydrogen-bond donors (Lipinski definition) is 1. The van der Waals surface area contributed by atoms with Gasteiger partial charge >= 0.3 is 0 Å². The van der Waals surface area contributed by atoms with Crippen LogP contribution in [0.4, 0.5) is 4.39 Å². The van der Waals surface area contributed by atoms with Crippen molar-refractivity contribution >= 4 is 744 Å². The van der Waals surface area contributed by atoms with Crippen molar-refractivity contribution in [2.45, 2.75) is 31.5 Å². The second-order valence-electron chi connectivity index (χ2n) is 39.2. The van der Waals surface area contributed by atoms with Crippen LogP contribution in [0, 0.1) is 5.82 Å². The first-order chi connectivity index (χ1) is 65.5. The van der Waals surface area contributed by atoms with E-state index in [0.29, 0.717) is 6.61 Å². The molecule has 2 atom stereocenters. The minimum absolute atomic E-state index is 0.0454. The van der Waals surface area contributed by atoms with Crippen molar-refractivity contribution in [1.82, 2.24) is 9.88 Å². The zero-order valence-electron chi connectivity index (χ0n) is 80.5. The number of nitrogens with zero attached hydrogens (tertiary/aromatic N) is 1. The summed E-state index contributed by atoms with van der Waals surface area (Å²) < 4.78 is 26.0. The fourth-order valence-corrected chi connectivity index (χ4v) is 25.1. The molecular formula is C33H28B102ClFN2O2. The number of halogens is 2. The van der Waals surface area contributed by atoms with Crippen LogP contribution in [0.1, 0.15) is 45.6 Å². The number of rotatable bonds is 54. The average molecular weight is 1640 g/mol. The van der Waals surface area contributed by atoms with Gasteiger partial charge in [0.1, 0.15) is 12.4 Å². The van der Waals surface area contributed by atoms with E-state index in [4.69, 9.17) is 423 Å². The van der Waals surface area contributed by atoms with E-state index in [2.05, 4.69) is 40.2 Å². The van der Waals surface area contributed by atoms with Crippen LogP contribution < -0.4 is 9.47 Å². The maximum atomic E-state index is 13.9. The number of hydrogen-bond acceptors (Lipinski definition) is 3. The molecule has 4 aromatic carbocycles. The Balaban J connectivity index is 0.000000632. The van der Waals surface area contributed by atoms with E-state index in [9.17, 15) is 4.39 Å². The molecule has 0 spiro atoms. The standard InChI is InChI=1S/C33H28ClFN2O2.B102/c1-38-29-18-24-22(16-30(29)39-19-20-6-3-2-4-7-20)14-15-37-28(24)17-25-31-26(34)8-5-9-27(31)36-32(25)33(37)21-10-12-23(35)13-11-21;1-53(2)79(54(3)4)92(80(55(5)6)56(7)8)98(91(77(49)50)78(51)52)101(97(89(73(41)42)74(43)44)90(75(45)46)76(47)48)102(99(93(81(57(9)10)58(11)12)82(59(13)14)60(15)16)94(83(61(17)18)62(19)20)84(63(21)22)64(23)24)100(95(85(65(25)26)66(27)28)86(67(29)30)68(31)32)96(87(69(33)34)70(35)36)88(71(37)38)72(39)40/h2-13,16,18,28,33,36H,14-15,17,19H2,1H3;. The highest BCUT2D eigenvalue weighted by Gasteiger charge is 2.69. The van der Waals surface area contributed by atoms with Crippen molar-refractivity contribution in [3.8, 4) is 11.5 Å². The Morgan fingerprint density at radius 2 is 0.553 bits per heavy atom. The summed E-state index contributed by atoms with van der Waals surface area (Å²) in [4.78, 5) is 6.21. The van der Waals surface area contributed by atoms with E-state index in [1.54, 1.807) is 19.2 Å². The Morgan fingerprint density at radius 3 is 0.801 bits per heavy atom. The molecule has 502 valence electrons. The summed E-state index contributed by atoms with van der Waals surface area (Å²) in [6.45, 7) is 1.35. The zero-order valence-corrected chi connectivity index (χ0v) is 81.2. The molecule has 5 aromatic rings. The lowest BCUT2D eigenvalue weighted by molar-refractivity contribution is 0.127. The quantitative estimate of drug-likeness (QED) is 0.0394.